The van der Waals surface area contributed by atoms with Crippen molar-refractivity contribution in [2.24, 2.45) is 5.92 Å². The molecule has 2 rings (SSSR count). The first-order valence-electron chi connectivity index (χ1n) is 7.65. The van der Waals surface area contributed by atoms with E-state index in [0.29, 0.717) is 5.69 Å². The second kappa shape index (κ2) is 7.21. The van der Waals surface area contributed by atoms with Crippen LogP contribution in [0.4, 0.5) is 10.1 Å². The third-order valence-corrected chi connectivity index (χ3v) is 4.10. The Morgan fingerprint density at radius 3 is 2.45 bits per heavy atom. The summed E-state index contributed by atoms with van der Waals surface area (Å²) in [7, 11) is 0. The summed E-state index contributed by atoms with van der Waals surface area (Å²) in [5.74, 6) is -0.328. The molecule has 2 aromatic carbocycles. The lowest BCUT2D eigenvalue weighted by atomic mass is 9.85. The molecule has 2 nitrogen and oxygen atoms in total. The van der Waals surface area contributed by atoms with Gasteiger partial charge in [0.15, 0.2) is 0 Å². The minimum absolute atomic E-state index is 0.0461. The highest BCUT2D eigenvalue weighted by Gasteiger charge is 2.26. The van der Waals surface area contributed by atoms with Crippen LogP contribution in [0.5, 0.6) is 0 Å². The van der Waals surface area contributed by atoms with Gasteiger partial charge in [-0.05, 0) is 42.2 Å². The predicted molar refractivity (Wildman–Crippen MR) is 88.4 cm³/mol. The van der Waals surface area contributed by atoms with Gasteiger partial charge < -0.3 is 5.32 Å². The van der Waals surface area contributed by atoms with Crippen LogP contribution in [0.25, 0.3) is 0 Å². The standard InChI is InChI=1S/C19H22FNO/c1-4-13(2)18(15-8-6-5-7-9-15)19(22)21-17-11-10-16(20)12-14(17)3/h5-13,18H,4H2,1-3H3,(H,21,22)/t13-,18+/m0/s1. The highest BCUT2D eigenvalue weighted by Crippen LogP contribution is 2.29. The molecule has 0 aliphatic carbocycles. The number of carbonyl (C=O) groups excluding carboxylic acids is 1. The monoisotopic (exact) mass is 299 g/mol. The minimum Gasteiger partial charge on any atom is -0.325 e. The molecule has 3 heteroatoms. The lowest BCUT2D eigenvalue weighted by Crippen LogP contribution is -2.26. The Morgan fingerprint density at radius 2 is 1.86 bits per heavy atom. The van der Waals surface area contributed by atoms with Gasteiger partial charge in [-0.25, -0.2) is 4.39 Å². The van der Waals surface area contributed by atoms with E-state index in [1.54, 1.807) is 13.0 Å². The predicted octanol–water partition coefficient (Wildman–Crippen LogP) is 4.90. The summed E-state index contributed by atoms with van der Waals surface area (Å²) < 4.78 is 13.2. The molecule has 0 aromatic heterocycles. The number of carbonyl (C=O) groups is 1. The molecule has 1 amide bonds. The number of hydrogen-bond acceptors (Lipinski definition) is 1. The molecule has 2 atom stereocenters. The van der Waals surface area contributed by atoms with Crippen LogP contribution in [0, 0.1) is 18.7 Å². The van der Waals surface area contributed by atoms with Gasteiger partial charge >= 0.3 is 0 Å². The molecule has 0 radical (unpaired) electrons. The van der Waals surface area contributed by atoms with Gasteiger partial charge in [-0.15, -0.1) is 0 Å². The van der Waals surface area contributed by atoms with E-state index in [1.165, 1.54) is 12.1 Å². The maximum absolute atomic E-state index is 13.2. The molecule has 116 valence electrons. The van der Waals surface area contributed by atoms with E-state index in [-0.39, 0.29) is 23.6 Å². The van der Waals surface area contributed by atoms with Crippen LogP contribution in [0.2, 0.25) is 0 Å². The zero-order chi connectivity index (χ0) is 16.1. The van der Waals surface area contributed by atoms with Gasteiger partial charge in [0, 0.05) is 5.69 Å². The number of hydrogen-bond donors (Lipinski definition) is 1. The van der Waals surface area contributed by atoms with E-state index in [0.717, 1.165) is 17.5 Å². The number of anilines is 1. The van der Waals surface area contributed by atoms with E-state index >= 15 is 0 Å². The Morgan fingerprint density at radius 1 is 1.18 bits per heavy atom. The second-order valence-corrected chi connectivity index (χ2v) is 5.72. The summed E-state index contributed by atoms with van der Waals surface area (Å²) in [5, 5.41) is 2.95. The topological polar surface area (TPSA) is 29.1 Å². The van der Waals surface area contributed by atoms with Crippen molar-refractivity contribution >= 4 is 11.6 Å². The number of rotatable bonds is 5. The highest BCUT2D eigenvalue weighted by atomic mass is 19.1. The lowest BCUT2D eigenvalue weighted by Gasteiger charge is -2.23. The molecule has 0 saturated carbocycles. The normalized spacial score (nSPS) is 13.5. The van der Waals surface area contributed by atoms with Crippen LogP contribution < -0.4 is 5.32 Å². The van der Waals surface area contributed by atoms with Crippen molar-refractivity contribution in [3.8, 4) is 0 Å². The van der Waals surface area contributed by atoms with Crippen molar-refractivity contribution < 1.29 is 9.18 Å². The van der Waals surface area contributed by atoms with Gasteiger partial charge in [-0.1, -0.05) is 50.6 Å². The van der Waals surface area contributed by atoms with Crippen LogP contribution in [0.1, 0.15) is 37.3 Å². The molecule has 0 heterocycles. The molecule has 0 saturated heterocycles. The van der Waals surface area contributed by atoms with Crippen LogP contribution in [-0.2, 0) is 4.79 Å². The lowest BCUT2D eigenvalue weighted by molar-refractivity contribution is -0.118. The molecule has 1 N–H and O–H groups in total. The van der Waals surface area contributed by atoms with Gasteiger partial charge in [-0.2, -0.15) is 0 Å². The number of nitrogens with one attached hydrogen (secondary N) is 1. The van der Waals surface area contributed by atoms with E-state index in [1.807, 2.05) is 30.3 Å². The third kappa shape index (κ3) is 3.73. The van der Waals surface area contributed by atoms with E-state index in [4.69, 9.17) is 0 Å². The van der Waals surface area contributed by atoms with Gasteiger partial charge in [0.1, 0.15) is 5.82 Å². The maximum Gasteiger partial charge on any atom is 0.232 e. The Labute approximate surface area is 131 Å². The van der Waals surface area contributed by atoms with E-state index in [2.05, 4.69) is 19.2 Å². The highest BCUT2D eigenvalue weighted by molar-refractivity contribution is 5.96. The van der Waals surface area contributed by atoms with Crippen LogP contribution in [0.3, 0.4) is 0 Å². The third-order valence-electron chi connectivity index (χ3n) is 4.10. The van der Waals surface area contributed by atoms with Gasteiger partial charge in [0.05, 0.1) is 5.92 Å². The van der Waals surface area contributed by atoms with Crippen molar-refractivity contribution in [1.29, 1.82) is 0 Å². The Bertz CT molecular complexity index is 639. The largest absolute Gasteiger partial charge is 0.325 e. The number of aryl methyl sites for hydroxylation is 1. The smallest absolute Gasteiger partial charge is 0.232 e. The summed E-state index contributed by atoms with van der Waals surface area (Å²) >= 11 is 0. The average molecular weight is 299 g/mol. The summed E-state index contributed by atoms with van der Waals surface area (Å²) in [6.45, 7) is 5.95. The van der Waals surface area contributed by atoms with Gasteiger partial charge in [-0.3, -0.25) is 4.79 Å². The van der Waals surface area contributed by atoms with Crippen molar-refractivity contribution in [3.05, 3.63) is 65.5 Å². The molecule has 0 bridgehead atoms. The van der Waals surface area contributed by atoms with Crippen molar-refractivity contribution in [2.75, 3.05) is 5.32 Å². The first kappa shape index (κ1) is 16.2. The molecular weight excluding hydrogens is 277 g/mol. The van der Waals surface area contributed by atoms with Crippen molar-refractivity contribution in [2.45, 2.75) is 33.1 Å². The Hall–Kier alpha value is -2.16. The number of amides is 1. The zero-order valence-corrected chi connectivity index (χ0v) is 13.3. The first-order valence-corrected chi connectivity index (χ1v) is 7.65. The zero-order valence-electron chi connectivity index (χ0n) is 13.3. The summed E-state index contributed by atoms with van der Waals surface area (Å²) in [6.07, 6.45) is 0.912. The molecule has 2 aromatic rings. The molecule has 0 aliphatic rings. The quantitative estimate of drug-likeness (QED) is 0.835. The minimum atomic E-state index is -0.294. The van der Waals surface area contributed by atoms with Crippen molar-refractivity contribution in [1.82, 2.24) is 0 Å². The van der Waals surface area contributed by atoms with Gasteiger partial charge in [0.25, 0.3) is 0 Å². The summed E-state index contributed by atoms with van der Waals surface area (Å²) in [5.41, 5.74) is 2.40. The summed E-state index contributed by atoms with van der Waals surface area (Å²) in [4.78, 5) is 12.7. The van der Waals surface area contributed by atoms with Gasteiger partial charge in [0.2, 0.25) is 5.91 Å². The number of halogens is 1. The molecule has 0 spiro atoms. The molecule has 0 fully saturated rings. The van der Waals surface area contributed by atoms with Crippen LogP contribution in [-0.4, -0.2) is 5.91 Å². The maximum atomic E-state index is 13.2. The van der Waals surface area contributed by atoms with Crippen LogP contribution in [0.15, 0.2) is 48.5 Å². The molecule has 0 unspecified atom stereocenters. The summed E-state index contributed by atoms with van der Waals surface area (Å²) in [6, 6.07) is 14.2. The fourth-order valence-corrected chi connectivity index (χ4v) is 2.61. The van der Waals surface area contributed by atoms with Crippen LogP contribution >= 0.6 is 0 Å². The van der Waals surface area contributed by atoms with E-state index < -0.39 is 0 Å². The SMILES string of the molecule is CC[C@H](C)[C@@H](C(=O)Nc1ccc(F)cc1C)c1ccccc1. The first-order chi connectivity index (χ1) is 10.5. The Kier molecular flexibility index (Phi) is 5.31. The molecule has 22 heavy (non-hydrogen) atoms. The molecule has 0 aliphatic heterocycles. The fraction of sp³-hybridized carbons (Fsp3) is 0.316. The van der Waals surface area contributed by atoms with E-state index in [9.17, 15) is 9.18 Å². The Balaban J connectivity index is 2.26. The fourth-order valence-electron chi connectivity index (χ4n) is 2.61. The van der Waals surface area contributed by atoms with Crippen molar-refractivity contribution in [3.63, 3.8) is 0 Å². The number of benzene rings is 2. The molecular formula is C19H22FNO. The second-order valence-electron chi connectivity index (χ2n) is 5.72. The average Bonchev–Trinajstić information content (AvgIpc) is 2.51.